The SMILES string of the molecule is COc1ccc(C=C2C3CCC2C3(Cl)Br)cc1. The summed E-state index contributed by atoms with van der Waals surface area (Å²) in [4.78, 5) is 0. The number of hydrogen-bond acceptors (Lipinski definition) is 1. The van der Waals surface area contributed by atoms with E-state index < -0.39 is 0 Å². The minimum Gasteiger partial charge on any atom is -0.497 e. The summed E-state index contributed by atoms with van der Waals surface area (Å²) < 4.78 is 4.99. The molecule has 17 heavy (non-hydrogen) atoms. The summed E-state index contributed by atoms with van der Waals surface area (Å²) in [5.41, 5.74) is 2.74. The molecule has 0 N–H and O–H groups in total. The summed E-state index contributed by atoms with van der Waals surface area (Å²) >= 11 is 10.1. The quantitative estimate of drug-likeness (QED) is 0.733. The van der Waals surface area contributed by atoms with Gasteiger partial charge in [0.1, 0.15) is 9.53 Å². The van der Waals surface area contributed by atoms with Crippen molar-refractivity contribution in [1.29, 1.82) is 0 Å². The normalized spacial score (nSPS) is 34.4. The van der Waals surface area contributed by atoms with Crippen molar-refractivity contribution >= 4 is 33.6 Å². The van der Waals surface area contributed by atoms with Crippen LogP contribution in [0.4, 0.5) is 0 Å². The van der Waals surface area contributed by atoms with E-state index >= 15 is 0 Å². The van der Waals surface area contributed by atoms with Gasteiger partial charge in [-0.25, -0.2) is 0 Å². The number of halogens is 2. The molecule has 0 amide bonds. The van der Waals surface area contributed by atoms with Crippen LogP contribution in [0.25, 0.3) is 6.08 Å². The Bertz CT molecular complexity index is 448. The number of alkyl halides is 2. The molecule has 3 fully saturated rings. The fourth-order valence-electron chi connectivity index (χ4n) is 2.98. The van der Waals surface area contributed by atoms with Gasteiger partial charge in [-0.05, 0) is 30.5 Å². The zero-order chi connectivity index (χ0) is 12.0. The monoisotopic (exact) mass is 312 g/mol. The topological polar surface area (TPSA) is 9.23 Å². The molecule has 2 bridgehead atoms. The minimum absolute atomic E-state index is 0.161. The zero-order valence-electron chi connectivity index (χ0n) is 9.62. The Balaban J connectivity index is 1.84. The Kier molecular flexibility index (Phi) is 2.75. The average molecular weight is 314 g/mol. The lowest BCUT2D eigenvalue weighted by molar-refractivity contribution is 0.414. The van der Waals surface area contributed by atoms with Gasteiger partial charge in [0, 0.05) is 11.8 Å². The first-order valence-electron chi connectivity index (χ1n) is 5.86. The molecule has 3 aliphatic carbocycles. The number of allylic oxidation sites excluding steroid dienone is 1. The zero-order valence-corrected chi connectivity index (χ0v) is 12.0. The predicted octanol–water partition coefficient (Wildman–Crippen LogP) is 4.45. The van der Waals surface area contributed by atoms with Crippen LogP contribution >= 0.6 is 27.5 Å². The number of methoxy groups -OCH3 is 1. The van der Waals surface area contributed by atoms with Gasteiger partial charge in [-0.2, -0.15) is 0 Å². The van der Waals surface area contributed by atoms with Crippen molar-refractivity contribution in [3.8, 4) is 5.75 Å². The van der Waals surface area contributed by atoms with Gasteiger partial charge in [0.15, 0.2) is 0 Å². The van der Waals surface area contributed by atoms with Gasteiger partial charge < -0.3 is 4.74 Å². The highest BCUT2D eigenvalue weighted by molar-refractivity contribution is 9.10. The van der Waals surface area contributed by atoms with E-state index in [0.717, 1.165) is 5.75 Å². The standard InChI is InChI=1S/C14H14BrClO/c1-17-10-4-2-9(3-5-10)8-11-12-6-7-13(11)14(12,15)16/h2-5,8,12-13H,6-7H2,1H3. The maximum Gasteiger partial charge on any atom is 0.118 e. The first-order valence-corrected chi connectivity index (χ1v) is 7.03. The summed E-state index contributed by atoms with van der Waals surface area (Å²) in [6.07, 6.45) is 4.70. The molecule has 0 spiro atoms. The predicted molar refractivity (Wildman–Crippen MR) is 74.7 cm³/mol. The Labute approximate surface area is 115 Å². The van der Waals surface area contributed by atoms with Crippen LogP contribution in [-0.2, 0) is 0 Å². The lowest BCUT2D eigenvalue weighted by Gasteiger charge is -2.43. The van der Waals surface area contributed by atoms with Gasteiger partial charge in [0.2, 0.25) is 0 Å². The third-order valence-corrected chi connectivity index (χ3v) is 5.56. The van der Waals surface area contributed by atoms with Crippen LogP contribution in [0.5, 0.6) is 5.75 Å². The van der Waals surface area contributed by atoms with Crippen molar-refractivity contribution in [2.75, 3.05) is 7.11 Å². The summed E-state index contributed by atoms with van der Waals surface area (Å²) in [5.74, 6) is 1.92. The van der Waals surface area contributed by atoms with Gasteiger partial charge >= 0.3 is 0 Å². The van der Waals surface area contributed by atoms with E-state index in [-0.39, 0.29) is 3.78 Å². The Morgan fingerprint density at radius 3 is 2.35 bits per heavy atom. The molecular weight excluding hydrogens is 300 g/mol. The van der Waals surface area contributed by atoms with Gasteiger partial charge in [0.05, 0.1) is 7.11 Å². The van der Waals surface area contributed by atoms with Crippen LogP contribution in [0.3, 0.4) is 0 Å². The third-order valence-electron chi connectivity index (χ3n) is 3.93. The second-order valence-corrected chi connectivity index (χ2v) is 7.17. The maximum atomic E-state index is 6.43. The van der Waals surface area contributed by atoms with Gasteiger partial charge in [0.25, 0.3) is 0 Å². The molecule has 3 aliphatic rings. The molecular formula is C14H14BrClO. The molecule has 4 rings (SSSR count). The van der Waals surface area contributed by atoms with E-state index in [2.05, 4.69) is 34.1 Å². The highest BCUT2D eigenvalue weighted by Gasteiger charge is 2.60. The fraction of sp³-hybridized carbons (Fsp3) is 0.429. The Morgan fingerprint density at radius 2 is 1.88 bits per heavy atom. The third kappa shape index (κ3) is 1.73. The molecule has 0 aromatic heterocycles. The molecule has 0 radical (unpaired) electrons. The van der Waals surface area contributed by atoms with Crippen LogP contribution in [0.2, 0.25) is 0 Å². The van der Waals surface area contributed by atoms with Crippen molar-refractivity contribution in [3.05, 3.63) is 35.4 Å². The number of ether oxygens (including phenoxy) is 1. The molecule has 2 unspecified atom stereocenters. The second-order valence-electron chi connectivity index (χ2n) is 4.77. The summed E-state index contributed by atoms with van der Waals surface area (Å²) in [6.45, 7) is 0. The summed E-state index contributed by atoms with van der Waals surface area (Å²) in [5, 5.41) is 0. The smallest absolute Gasteiger partial charge is 0.118 e. The van der Waals surface area contributed by atoms with Crippen LogP contribution in [0.15, 0.2) is 29.8 Å². The Hall–Kier alpha value is -0.470. The van der Waals surface area contributed by atoms with Crippen molar-refractivity contribution < 1.29 is 4.74 Å². The number of rotatable bonds is 2. The van der Waals surface area contributed by atoms with Crippen LogP contribution in [0.1, 0.15) is 18.4 Å². The molecule has 1 nitrogen and oxygen atoms in total. The van der Waals surface area contributed by atoms with E-state index in [0.29, 0.717) is 11.8 Å². The molecule has 1 aromatic carbocycles. The fourth-order valence-corrected chi connectivity index (χ4v) is 4.44. The van der Waals surface area contributed by atoms with Gasteiger partial charge in [-0.1, -0.05) is 39.7 Å². The van der Waals surface area contributed by atoms with E-state index in [1.807, 2.05) is 12.1 Å². The largest absolute Gasteiger partial charge is 0.497 e. The Morgan fingerprint density at radius 1 is 1.29 bits per heavy atom. The molecule has 0 saturated heterocycles. The average Bonchev–Trinajstić information content (AvgIpc) is 2.89. The lowest BCUT2D eigenvalue weighted by Crippen LogP contribution is -2.41. The van der Waals surface area contributed by atoms with E-state index in [1.165, 1.54) is 24.0 Å². The molecule has 0 aliphatic heterocycles. The van der Waals surface area contributed by atoms with E-state index in [4.69, 9.17) is 16.3 Å². The summed E-state index contributed by atoms with van der Waals surface area (Å²) in [7, 11) is 1.69. The summed E-state index contributed by atoms with van der Waals surface area (Å²) in [6, 6.07) is 8.17. The molecule has 3 heteroatoms. The highest BCUT2D eigenvalue weighted by Crippen LogP contribution is 2.67. The second kappa shape index (κ2) is 4.03. The first kappa shape index (κ1) is 11.6. The van der Waals surface area contributed by atoms with Crippen LogP contribution in [0, 0.1) is 11.8 Å². The van der Waals surface area contributed by atoms with E-state index in [9.17, 15) is 0 Å². The highest BCUT2D eigenvalue weighted by atomic mass is 79.9. The van der Waals surface area contributed by atoms with Crippen LogP contribution in [-0.4, -0.2) is 10.9 Å². The number of fused-ring (bicyclic) bond motifs is 1. The minimum atomic E-state index is -0.161. The first-order chi connectivity index (χ1) is 8.13. The number of hydrogen-bond donors (Lipinski definition) is 0. The molecule has 2 atom stereocenters. The van der Waals surface area contributed by atoms with E-state index in [1.54, 1.807) is 7.11 Å². The molecule has 3 saturated carbocycles. The molecule has 90 valence electrons. The van der Waals surface area contributed by atoms with Gasteiger partial charge in [-0.3, -0.25) is 0 Å². The lowest BCUT2D eigenvalue weighted by atomic mass is 9.76. The number of benzene rings is 1. The maximum absolute atomic E-state index is 6.43. The van der Waals surface area contributed by atoms with Crippen molar-refractivity contribution in [3.63, 3.8) is 0 Å². The molecule has 0 heterocycles. The van der Waals surface area contributed by atoms with Gasteiger partial charge in [-0.15, -0.1) is 11.6 Å². The molecule has 1 aromatic rings. The van der Waals surface area contributed by atoms with Crippen molar-refractivity contribution in [2.45, 2.75) is 16.6 Å². The van der Waals surface area contributed by atoms with Crippen molar-refractivity contribution in [2.24, 2.45) is 11.8 Å². The van der Waals surface area contributed by atoms with Crippen LogP contribution < -0.4 is 4.74 Å². The van der Waals surface area contributed by atoms with Crippen molar-refractivity contribution in [1.82, 2.24) is 0 Å².